The van der Waals surface area contributed by atoms with Gasteiger partial charge in [0, 0.05) is 41.4 Å². The molecule has 4 nitrogen and oxygen atoms in total. The van der Waals surface area contributed by atoms with Crippen LogP contribution >= 0.6 is 11.8 Å². The van der Waals surface area contributed by atoms with Crippen molar-refractivity contribution in [1.29, 1.82) is 0 Å². The average Bonchev–Trinajstić information content (AvgIpc) is 2.64. The van der Waals surface area contributed by atoms with Crippen LogP contribution in [0.4, 0.5) is 5.69 Å². The summed E-state index contributed by atoms with van der Waals surface area (Å²) in [5.74, 6) is 1.92. The van der Waals surface area contributed by atoms with Crippen molar-refractivity contribution < 1.29 is 9.59 Å². The minimum Gasteiger partial charge on any atom is -0.337 e. The van der Waals surface area contributed by atoms with Crippen LogP contribution in [-0.2, 0) is 0 Å². The number of nitrogens with zero attached hydrogens (tertiary/aromatic N) is 1. The molecule has 1 heterocycles. The molecule has 130 valence electrons. The van der Waals surface area contributed by atoms with Gasteiger partial charge in [-0.15, -0.1) is 0 Å². The number of carbonyl (C=O) groups excluding carboxylic acids is 2. The van der Waals surface area contributed by atoms with Crippen LogP contribution in [0.1, 0.15) is 31.8 Å². The summed E-state index contributed by atoms with van der Waals surface area (Å²) in [6, 6.07) is 12.9. The van der Waals surface area contributed by atoms with Gasteiger partial charge in [-0.25, -0.2) is 0 Å². The molecule has 0 aromatic heterocycles. The number of hydrogen-bond donors (Lipinski definition) is 1. The van der Waals surface area contributed by atoms with Crippen LogP contribution in [0, 0.1) is 13.8 Å². The Morgan fingerprint density at radius 1 is 0.960 bits per heavy atom. The average molecular weight is 354 g/mol. The van der Waals surface area contributed by atoms with E-state index in [1.807, 2.05) is 66.9 Å². The van der Waals surface area contributed by atoms with E-state index in [-0.39, 0.29) is 11.8 Å². The van der Waals surface area contributed by atoms with E-state index in [2.05, 4.69) is 5.32 Å². The number of anilines is 1. The molecule has 0 unspecified atom stereocenters. The van der Waals surface area contributed by atoms with E-state index < -0.39 is 0 Å². The normalized spacial score (nSPS) is 14.2. The molecule has 1 aliphatic rings. The fourth-order valence-electron chi connectivity index (χ4n) is 2.79. The van der Waals surface area contributed by atoms with E-state index in [4.69, 9.17) is 0 Å². The first-order valence-corrected chi connectivity index (χ1v) is 9.56. The maximum absolute atomic E-state index is 12.6. The summed E-state index contributed by atoms with van der Waals surface area (Å²) >= 11 is 1.88. The number of carbonyl (C=O) groups is 2. The number of aryl methyl sites for hydroxylation is 2. The summed E-state index contributed by atoms with van der Waals surface area (Å²) in [4.78, 5) is 26.8. The van der Waals surface area contributed by atoms with Crippen LogP contribution in [0.15, 0.2) is 42.5 Å². The van der Waals surface area contributed by atoms with E-state index in [0.717, 1.165) is 41.4 Å². The molecule has 1 saturated heterocycles. The standard InChI is InChI=1S/C20H22N2O2S/c1-14-3-5-16(6-4-14)19(23)21-18-8-7-17(13-15(18)2)20(24)22-9-11-25-12-10-22/h3-8,13H,9-12H2,1-2H3,(H,21,23). The lowest BCUT2D eigenvalue weighted by Crippen LogP contribution is -2.37. The number of rotatable bonds is 3. The second kappa shape index (κ2) is 7.74. The largest absolute Gasteiger partial charge is 0.337 e. The van der Waals surface area contributed by atoms with Gasteiger partial charge in [-0.05, 0) is 49.7 Å². The minimum absolute atomic E-state index is 0.0693. The Morgan fingerprint density at radius 2 is 1.60 bits per heavy atom. The van der Waals surface area contributed by atoms with Crippen LogP contribution in [0.25, 0.3) is 0 Å². The summed E-state index contributed by atoms with van der Waals surface area (Å²) in [7, 11) is 0. The van der Waals surface area contributed by atoms with Crippen molar-refractivity contribution in [3.63, 3.8) is 0 Å². The van der Waals surface area contributed by atoms with Crippen molar-refractivity contribution in [2.45, 2.75) is 13.8 Å². The zero-order chi connectivity index (χ0) is 17.8. The molecular weight excluding hydrogens is 332 g/mol. The van der Waals surface area contributed by atoms with Crippen LogP contribution < -0.4 is 5.32 Å². The van der Waals surface area contributed by atoms with Gasteiger partial charge < -0.3 is 10.2 Å². The van der Waals surface area contributed by atoms with Gasteiger partial charge in [0.2, 0.25) is 0 Å². The quantitative estimate of drug-likeness (QED) is 0.913. The van der Waals surface area contributed by atoms with E-state index in [9.17, 15) is 9.59 Å². The van der Waals surface area contributed by atoms with Crippen LogP contribution in [-0.4, -0.2) is 41.3 Å². The molecule has 1 fully saturated rings. The first-order chi connectivity index (χ1) is 12.0. The lowest BCUT2D eigenvalue weighted by molar-refractivity contribution is 0.0772. The SMILES string of the molecule is Cc1ccc(C(=O)Nc2ccc(C(=O)N3CCSCC3)cc2C)cc1. The zero-order valence-electron chi connectivity index (χ0n) is 14.5. The van der Waals surface area contributed by atoms with E-state index in [1.54, 1.807) is 6.07 Å². The molecule has 2 aromatic carbocycles. The van der Waals surface area contributed by atoms with E-state index in [1.165, 1.54) is 0 Å². The summed E-state index contributed by atoms with van der Waals surface area (Å²) < 4.78 is 0. The molecule has 1 N–H and O–H groups in total. The molecule has 0 radical (unpaired) electrons. The molecule has 2 aromatic rings. The van der Waals surface area contributed by atoms with E-state index in [0.29, 0.717) is 11.1 Å². The van der Waals surface area contributed by atoms with Crippen LogP contribution in [0.3, 0.4) is 0 Å². The molecule has 5 heteroatoms. The topological polar surface area (TPSA) is 49.4 Å². The Morgan fingerprint density at radius 3 is 2.24 bits per heavy atom. The maximum Gasteiger partial charge on any atom is 0.255 e. The number of thioether (sulfide) groups is 1. The molecule has 0 saturated carbocycles. The Balaban J connectivity index is 1.72. The monoisotopic (exact) mass is 354 g/mol. The van der Waals surface area contributed by atoms with Crippen molar-refractivity contribution in [3.8, 4) is 0 Å². The van der Waals surface area contributed by atoms with Gasteiger partial charge in [-0.2, -0.15) is 11.8 Å². The number of hydrogen-bond acceptors (Lipinski definition) is 3. The molecule has 25 heavy (non-hydrogen) atoms. The fourth-order valence-corrected chi connectivity index (χ4v) is 3.69. The fraction of sp³-hybridized carbons (Fsp3) is 0.300. The van der Waals surface area contributed by atoms with Crippen LogP contribution in [0.2, 0.25) is 0 Å². The Kier molecular flexibility index (Phi) is 5.43. The summed E-state index contributed by atoms with van der Waals surface area (Å²) in [5.41, 5.74) is 4.04. The molecular formula is C20H22N2O2S. The summed E-state index contributed by atoms with van der Waals surface area (Å²) in [5, 5.41) is 2.92. The maximum atomic E-state index is 12.6. The number of nitrogens with one attached hydrogen (secondary N) is 1. The van der Waals surface area contributed by atoms with Gasteiger partial charge in [0.05, 0.1) is 0 Å². The Hall–Kier alpha value is -2.27. The molecule has 0 spiro atoms. The predicted molar refractivity (Wildman–Crippen MR) is 104 cm³/mol. The first-order valence-electron chi connectivity index (χ1n) is 8.40. The van der Waals surface area contributed by atoms with Gasteiger partial charge in [-0.1, -0.05) is 17.7 Å². The third kappa shape index (κ3) is 4.23. The third-order valence-corrected chi connectivity index (χ3v) is 5.28. The van der Waals surface area contributed by atoms with Gasteiger partial charge in [0.1, 0.15) is 0 Å². The van der Waals surface area contributed by atoms with E-state index >= 15 is 0 Å². The lowest BCUT2D eigenvalue weighted by atomic mass is 10.1. The summed E-state index contributed by atoms with van der Waals surface area (Å²) in [6.45, 7) is 5.50. The van der Waals surface area contributed by atoms with Crippen molar-refractivity contribution in [2.75, 3.05) is 29.9 Å². The molecule has 2 amide bonds. The van der Waals surface area contributed by atoms with Crippen molar-refractivity contribution in [2.24, 2.45) is 0 Å². The second-order valence-corrected chi connectivity index (χ2v) is 7.48. The highest BCUT2D eigenvalue weighted by Gasteiger charge is 2.19. The molecule has 0 bridgehead atoms. The molecule has 0 aliphatic carbocycles. The second-order valence-electron chi connectivity index (χ2n) is 6.25. The molecule has 1 aliphatic heterocycles. The lowest BCUT2D eigenvalue weighted by Gasteiger charge is -2.26. The minimum atomic E-state index is -0.143. The molecule has 0 atom stereocenters. The number of benzene rings is 2. The van der Waals surface area contributed by atoms with Crippen molar-refractivity contribution in [3.05, 3.63) is 64.7 Å². The molecule has 3 rings (SSSR count). The summed E-state index contributed by atoms with van der Waals surface area (Å²) in [6.07, 6.45) is 0. The predicted octanol–water partition coefficient (Wildman–Crippen LogP) is 3.74. The third-order valence-electron chi connectivity index (χ3n) is 4.33. The first kappa shape index (κ1) is 17.5. The Labute approximate surface area is 152 Å². The number of amides is 2. The highest BCUT2D eigenvalue weighted by molar-refractivity contribution is 7.99. The van der Waals surface area contributed by atoms with Gasteiger partial charge in [0.25, 0.3) is 11.8 Å². The van der Waals surface area contributed by atoms with Crippen LogP contribution in [0.5, 0.6) is 0 Å². The van der Waals surface area contributed by atoms with Gasteiger partial charge >= 0.3 is 0 Å². The van der Waals surface area contributed by atoms with Gasteiger partial charge in [-0.3, -0.25) is 9.59 Å². The highest BCUT2D eigenvalue weighted by atomic mass is 32.2. The van der Waals surface area contributed by atoms with Crippen molar-refractivity contribution >= 4 is 29.3 Å². The smallest absolute Gasteiger partial charge is 0.255 e. The zero-order valence-corrected chi connectivity index (χ0v) is 15.4. The van der Waals surface area contributed by atoms with Gasteiger partial charge in [0.15, 0.2) is 0 Å². The Bertz CT molecular complexity index is 781. The van der Waals surface area contributed by atoms with Crippen molar-refractivity contribution in [1.82, 2.24) is 4.90 Å². The highest BCUT2D eigenvalue weighted by Crippen LogP contribution is 2.20.